The number of nitrogens with one attached hydrogen (secondary N) is 1. The van der Waals surface area contributed by atoms with Crippen molar-refractivity contribution in [3.8, 4) is 0 Å². The zero-order chi connectivity index (χ0) is 16.4. The van der Waals surface area contributed by atoms with E-state index in [0.717, 1.165) is 14.0 Å². The van der Waals surface area contributed by atoms with E-state index >= 15 is 0 Å². The van der Waals surface area contributed by atoms with Crippen LogP contribution in [-0.4, -0.2) is 30.9 Å². The van der Waals surface area contributed by atoms with Crippen LogP contribution >= 0.6 is 0 Å². The number of carbonyl (C=O) groups excluding carboxylic acids is 3. The highest BCUT2D eigenvalue weighted by atomic mass is 19.4. The third-order valence-corrected chi connectivity index (χ3v) is 2.33. The number of rotatable bonds is 3. The summed E-state index contributed by atoms with van der Waals surface area (Å²) < 4.78 is 54.9. The van der Waals surface area contributed by atoms with Gasteiger partial charge in [0.15, 0.2) is 0 Å². The molecule has 0 fully saturated rings. The molecule has 0 radical (unpaired) electrons. The summed E-state index contributed by atoms with van der Waals surface area (Å²) in [5.74, 6) is -5.78. The number of alkyl halides is 3. The first kappa shape index (κ1) is 16.6. The van der Waals surface area contributed by atoms with Crippen LogP contribution in [0.4, 0.5) is 23.2 Å². The van der Waals surface area contributed by atoms with Gasteiger partial charge in [0.25, 0.3) is 5.78 Å². The number of hydrogen-bond acceptors (Lipinski definition) is 4. The van der Waals surface area contributed by atoms with E-state index in [2.05, 4.69) is 10.1 Å². The summed E-state index contributed by atoms with van der Waals surface area (Å²) in [6, 6.07) is 0.842. The van der Waals surface area contributed by atoms with Gasteiger partial charge in [-0.05, 0) is 12.1 Å². The van der Waals surface area contributed by atoms with Crippen LogP contribution in [0.5, 0.6) is 0 Å². The maximum Gasteiger partial charge on any atom is 0.454 e. The van der Waals surface area contributed by atoms with Crippen LogP contribution in [0.15, 0.2) is 12.1 Å². The van der Waals surface area contributed by atoms with Gasteiger partial charge in [-0.15, -0.1) is 0 Å². The molecule has 1 amide bonds. The van der Waals surface area contributed by atoms with Crippen molar-refractivity contribution in [3.63, 3.8) is 0 Å². The smallest absolute Gasteiger partial charge is 0.454 e. The van der Waals surface area contributed by atoms with Gasteiger partial charge in [-0.3, -0.25) is 9.59 Å². The number of methoxy groups -OCH3 is 1. The van der Waals surface area contributed by atoms with Crippen molar-refractivity contribution in [2.24, 2.45) is 0 Å². The largest absolute Gasteiger partial charge is 0.465 e. The van der Waals surface area contributed by atoms with Crippen LogP contribution in [0.1, 0.15) is 27.6 Å². The van der Waals surface area contributed by atoms with E-state index in [9.17, 15) is 31.9 Å². The second-order valence-electron chi connectivity index (χ2n) is 3.88. The third-order valence-electron chi connectivity index (χ3n) is 2.33. The van der Waals surface area contributed by atoms with Crippen molar-refractivity contribution >= 4 is 23.3 Å². The first-order valence-electron chi connectivity index (χ1n) is 5.39. The minimum absolute atomic E-state index is 0.391. The maximum atomic E-state index is 13.6. The minimum atomic E-state index is -5.30. The molecule has 114 valence electrons. The molecule has 0 spiro atoms. The number of Topliss-reactive ketones (excluding diaryl/α,β-unsaturated/α-hetero) is 1. The number of amides is 1. The van der Waals surface area contributed by atoms with Gasteiger partial charge < -0.3 is 10.1 Å². The lowest BCUT2D eigenvalue weighted by Gasteiger charge is -2.12. The summed E-state index contributed by atoms with van der Waals surface area (Å²) in [4.78, 5) is 33.5. The summed E-state index contributed by atoms with van der Waals surface area (Å²) in [7, 11) is 0.939. The molecule has 21 heavy (non-hydrogen) atoms. The molecule has 9 heteroatoms. The fourth-order valence-electron chi connectivity index (χ4n) is 1.47. The van der Waals surface area contributed by atoms with Gasteiger partial charge in [0, 0.05) is 6.92 Å². The highest BCUT2D eigenvalue weighted by Gasteiger charge is 2.41. The van der Waals surface area contributed by atoms with Gasteiger partial charge in [-0.1, -0.05) is 0 Å². The molecule has 0 heterocycles. The quantitative estimate of drug-likeness (QED) is 0.528. The van der Waals surface area contributed by atoms with Crippen LogP contribution in [0.25, 0.3) is 0 Å². The number of carbonyl (C=O) groups is 3. The molecule has 1 aromatic carbocycles. The molecule has 1 aromatic rings. The van der Waals surface area contributed by atoms with Gasteiger partial charge in [0.2, 0.25) is 5.91 Å². The van der Waals surface area contributed by atoms with E-state index in [1.54, 1.807) is 0 Å². The van der Waals surface area contributed by atoms with Crippen LogP contribution in [0.3, 0.4) is 0 Å². The Kier molecular flexibility index (Phi) is 4.66. The highest BCUT2D eigenvalue weighted by Crippen LogP contribution is 2.27. The number of benzene rings is 1. The molecular weight excluding hydrogens is 298 g/mol. The van der Waals surface area contributed by atoms with Crippen molar-refractivity contribution in [1.29, 1.82) is 0 Å². The molecule has 0 saturated heterocycles. The first-order chi connectivity index (χ1) is 9.57. The normalized spacial score (nSPS) is 11.0. The Balaban J connectivity index is 3.47. The minimum Gasteiger partial charge on any atom is -0.465 e. The fraction of sp³-hybridized carbons (Fsp3) is 0.250. The molecule has 0 saturated carbocycles. The Morgan fingerprint density at radius 3 is 2.14 bits per heavy atom. The zero-order valence-corrected chi connectivity index (χ0v) is 10.8. The fourth-order valence-corrected chi connectivity index (χ4v) is 1.47. The second-order valence-corrected chi connectivity index (χ2v) is 3.88. The number of anilines is 1. The Morgan fingerprint density at radius 2 is 1.71 bits per heavy atom. The topological polar surface area (TPSA) is 72.5 Å². The van der Waals surface area contributed by atoms with Crippen LogP contribution in [0.2, 0.25) is 0 Å². The van der Waals surface area contributed by atoms with Gasteiger partial charge in [-0.25, -0.2) is 9.18 Å². The first-order valence-corrected chi connectivity index (χ1v) is 5.39. The summed E-state index contributed by atoms with van der Waals surface area (Å²) in [5.41, 5.74) is -2.30. The highest BCUT2D eigenvalue weighted by molar-refractivity contribution is 6.06. The van der Waals surface area contributed by atoms with Crippen molar-refractivity contribution < 1.29 is 36.7 Å². The third kappa shape index (κ3) is 3.77. The number of ether oxygens (including phenoxy) is 1. The maximum absolute atomic E-state index is 13.6. The lowest BCUT2D eigenvalue weighted by atomic mass is 10.0. The molecular formula is C12H9F4NO4. The van der Waals surface area contributed by atoms with E-state index in [4.69, 9.17) is 0 Å². The van der Waals surface area contributed by atoms with Gasteiger partial charge in [0.05, 0.1) is 23.9 Å². The summed E-state index contributed by atoms with van der Waals surface area (Å²) in [6.07, 6.45) is -5.30. The lowest BCUT2D eigenvalue weighted by Crippen LogP contribution is -2.25. The summed E-state index contributed by atoms with van der Waals surface area (Å²) in [5, 5.41) is 2.06. The average Bonchev–Trinajstić information content (AvgIpc) is 2.35. The number of hydrogen-bond donors (Lipinski definition) is 1. The Hall–Kier alpha value is -2.45. The van der Waals surface area contributed by atoms with Gasteiger partial charge in [0.1, 0.15) is 5.82 Å². The van der Waals surface area contributed by atoms with Crippen LogP contribution in [0, 0.1) is 5.82 Å². The molecule has 0 aliphatic carbocycles. The van der Waals surface area contributed by atoms with Crippen molar-refractivity contribution in [1.82, 2.24) is 0 Å². The second kappa shape index (κ2) is 5.90. The monoisotopic (exact) mass is 307 g/mol. The summed E-state index contributed by atoms with van der Waals surface area (Å²) in [6.45, 7) is 1.05. The number of ketones is 1. The molecule has 0 aliphatic rings. The Bertz CT molecular complexity index is 610. The lowest BCUT2D eigenvalue weighted by molar-refractivity contribution is -0.114. The van der Waals surface area contributed by atoms with Crippen LogP contribution in [-0.2, 0) is 9.53 Å². The molecule has 0 aromatic heterocycles. The van der Waals surface area contributed by atoms with Crippen molar-refractivity contribution in [3.05, 3.63) is 29.1 Å². The van der Waals surface area contributed by atoms with Gasteiger partial charge in [-0.2, -0.15) is 13.2 Å². The number of esters is 1. The predicted molar refractivity (Wildman–Crippen MR) is 62.4 cm³/mol. The zero-order valence-electron chi connectivity index (χ0n) is 10.8. The van der Waals surface area contributed by atoms with E-state index in [-0.39, 0.29) is 0 Å². The molecule has 0 aliphatic heterocycles. The van der Waals surface area contributed by atoms with Crippen LogP contribution < -0.4 is 5.32 Å². The SMILES string of the molecule is COC(=O)c1cc(C(=O)C(F)(F)F)c(F)cc1NC(C)=O. The predicted octanol–water partition coefficient (Wildman–Crippen LogP) is 2.32. The molecule has 0 bridgehead atoms. The molecule has 0 atom stereocenters. The van der Waals surface area contributed by atoms with E-state index in [1.807, 2.05) is 0 Å². The van der Waals surface area contributed by atoms with E-state index < -0.39 is 46.5 Å². The van der Waals surface area contributed by atoms with E-state index in [1.165, 1.54) is 0 Å². The molecule has 1 rings (SSSR count). The standard InChI is InChI=1S/C12H9F4NO4/c1-5(18)17-9-4-8(13)6(10(19)12(14,15)16)3-7(9)11(20)21-2/h3-4H,1-2H3,(H,17,18). The molecule has 0 unspecified atom stereocenters. The van der Waals surface area contributed by atoms with Crippen molar-refractivity contribution in [2.45, 2.75) is 13.1 Å². The molecule has 1 N–H and O–H groups in total. The van der Waals surface area contributed by atoms with Gasteiger partial charge >= 0.3 is 12.1 Å². The summed E-state index contributed by atoms with van der Waals surface area (Å²) >= 11 is 0. The van der Waals surface area contributed by atoms with E-state index in [0.29, 0.717) is 12.1 Å². The average molecular weight is 307 g/mol. The van der Waals surface area contributed by atoms with Crippen molar-refractivity contribution in [2.75, 3.05) is 12.4 Å². The number of halogens is 4. The Labute approximate surface area is 115 Å². The molecule has 5 nitrogen and oxygen atoms in total. The Morgan fingerprint density at radius 1 is 1.14 bits per heavy atom.